The molecule has 0 bridgehead atoms. The van der Waals surface area contributed by atoms with Gasteiger partial charge in [-0.1, -0.05) is 31.9 Å². The second-order valence-electron chi connectivity index (χ2n) is 3.25. The fourth-order valence-electron chi connectivity index (χ4n) is 1.07. The largest absolute Gasteiger partial charge is 0.478 e. The molecule has 4 nitrogen and oxygen atoms in total. The van der Waals surface area contributed by atoms with E-state index in [-0.39, 0.29) is 24.0 Å². The van der Waals surface area contributed by atoms with Gasteiger partial charge in [-0.2, -0.15) is 0 Å². The van der Waals surface area contributed by atoms with Crippen molar-refractivity contribution in [3.8, 4) is 0 Å². The van der Waals surface area contributed by atoms with Crippen molar-refractivity contribution in [3.05, 3.63) is 26.9 Å². The van der Waals surface area contributed by atoms with E-state index in [4.69, 9.17) is 0 Å². The van der Waals surface area contributed by atoms with Crippen LogP contribution in [-0.4, -0.2) is 22.2 Å². The minimum Gasteiger partial charge on any atom is -0.478 e. The van der Waals surface area contributed by atoms with Gasteiger partial charge in [0.1, 0.15) is 0 Å². The first-order valence-electron chi connectivity index (χ1n) is 4.65. The Kier molecular flexibility index (Phi) is 10.5. The number of halogens is 6. The second kappa shape index (κ2) is 9.94. The molecule has 0 saturated heterocycles. The van der Waals surface area contributed by atoms with Crippen molar-refractivity contribution in [2.24, 2.45) is 0 Å². The van der Waals surface area contributed by atoms with E-state index in [1.807, 2.05) is 0 Å². The molecular weight excluding hydrogens is 664 g/mol. The van der Waals surface area contributed by atoms with Gasteiger partial charge in [0, 0.05) is 21.8 Å². The Hall–Kier alpha value is 1.04. The van der Waals surface area contributed by atoms with Crippen molar-refractivity contribution in [2.75, 3.05) is 0 Å². The number of aliphatic carboxylic acids is 2. The minimum atomic E-state index is -1.29. The van der Waals surface area contributed by atoms with Crippen molar-refractivity contribution in [3.63, 3.8) is 0 Å². The molecule has 0 aliphatic heterocycles. The molecule has 0 aromatic rings. The predicted molar refractivity (Wildman–Crippen MR) is 99.1 cm³/mol. The van der Waals surface area contributed by atoms with Gasteiger partial charge in [-0.25, -0.2) is 9.59 Å². The van der Waals surface area contributed by atoms with Crippen LogP contribution in [0.15, 0.2) is 26.9 Å². The number of carboxylic acids is 2. The second-order valence-corrected chi connectivity index (χ2v) is 10.5. The van der Waals surface area contributed by atoms with Crippen LogP contribution in [0.3, 0.4) is 0 Å². The molecule has 0 saturated carbocycles. The SMILES string of the molecule is O=C(O)C(CC(Br)=C(Br)Br)=C(CC(Br)=C(Br)Br)C(=O)O. The fraction of sp³-hybridized carbons (Fsp3) is 0.200. The number of allylic oxidation sites excluding steroid dienone is 2. The highest BCUT2D eigenvalue weighted by Crippen LogP contribution is 2.34. The van der Waals surface area contributed by atoms with Crippen LogP contribution in [-0.2, 0) is 9.59 Å². The van der Waals surface area contributed by atoms with Crippen LogP contribution in [0.4, 0.5) is 0 Å². The monoisotopic (exact) mass is 664 g/mol. The van der Waals surface area contributed by atoms with Crippen molar-refractivity contribution in [2.45, 2.75) is 12.8 Å². The average Bonchev–Trinajstić information content (AvgIpc) is 2.31. The quantitative estimate of drug-likeness (QED) is 0.344. The first kappa shape index (κ1) is 21.0. The molecule has 0 radical (unpaired) electrons. The molecule has 2 N–H and O–H groups in total. The van der Waals surface area contributed by atoms with Gasteiger partial charge in [0.2, 0.25) is 0 Å². The zero-order chi connectivity index (χ0) is 16.0. The number of carboxylic acid groups (broad SMARTS) is 2. The summed E-state index contributed by atoms with van der Waals surface area (Å²) in [5.74, 6) is -2.57. The highest BCUT2D eigenvalue weighted by atomic mass is 79.9. The third-order valence-corrected chi connectivity index (χ3v) is 7.35. The predicted octanol–water partition coefficient (Wildman–Crippen LogP) is 5.94. The van der Waals surface area contributed by atoms with Crippen molar-refractivity contribution in [1.29, 1.82) is 0 Å². The highest BCUT2D eigenvalue weighted by molar-refractivity contribution is 9.29. The topological polar surface area (TPSA) is 74.6 Å². The van der Waals surface area contributed by atoms with Crippen LogP contribution >= 0.6 is 95.6 Å². The van der Waals surface area contributed by atoms with Gasteiger partial charge in [0.25, 0.3) is 0 Å². The maximum absolute atomic E-state index is 11.3. The zero-order valence-corrected chi connectivity index (χ0v) is 18.9. The Morgan fingerprint density at radius 3 is 1.05 bits per heavy atom. The van der Waals surface area contributed by atoms with E-state index in [0.717, 1.165) is 0 Å². The normalized spacial score (nSPS) is 11.5. The first-order chi connectivity index (χ1) is 9.07. The van der Waals surface area contributed by atoms with Crippen LogP contribution in [0.5, 0.6) is 0 Å². The molecule has 0 spiro atoms. The first-order valence-corrected chi connectivity index (χ1v) is 9.41. The highest BCUT2D eigenvalue weighted by Gasteiger charge is 2.22. The van der Waals surface area contributed by atoms with Gasteiger partial charge in [-0.15, -0.1) is 0 Å². The Labute approximate surface area is 165 Å². The smallest absolute Gasteiger partial charge is 0.332 e. The van der Waals surface area contributed by atoms with Gasteiger partial charge >= 0.3 is 11.9 Å². The van der Waals surface area contributed by atoms with Crippen LogP contribution in [0, 0.1) is 0 Å². The van der Waals surface area contributed by atoms with E-state index in [2.05, 4.69) is 95.6 Å². The standard InChI is InChI=1S/C10H6Br6O4/c11-5(7(13)14)1-3(9(17)18)4(10(19)20)2-6(12)8(15)16/h1-2H2,(H,17,18)(H,19,20). The lowest BCUT2D eigenvalue weighted by Gasteiger charge is -2.09. The van der Waals surface area contributed by atoms with E-state index in [1.165, 1.54) is 0 Å². The molecule has 0 aromatic heterocycles. The molecule has 0 atom stereocenters. The van der Waals surface area contributed by atoms with E-state index in [1.54, 1.807) is 0 Å². The summed E-state index contributed by atoms with van der Waals surface area (Å²) in [5.41, 5.74) is -0.419. The van der Waals surface area contributed by atoms with Gasteiger partial charge in [0.05, 0.1) is 17.9 Å². The number of rotatable bonds is 6. The third-order valence-electron chi connectivity index (χ3n) is 1.95. The molecule has 0 unspecified atom stereocenters. The maximum Gasteiger partial charge on any atom is 0.332 e. The minimum absolute atomic E-state index is 0.0665. The van der Waals surface area contributed by atoms with Crippen LogP contribution in [0.2, 0.25) is 0 Å². The summed E-state index contributed by atoms with van der Waals surface area (Å²) in [6, 6.07) is 0. The third kappa shape index (κ3) is 7.35. The Bertz CT molecular complexity index is 466. The van der Waals surface area contributed by atoms with Crippen molar-refractivity contribution >= 4 is 108 Å². The van der Waals surface area contributed by atoms with Gasteiger partial charge in [-0.05, 0) is 63.7 Å². The van der Waals surface area contributed by atoms with E-state index < -0.39 is 11.9 Å². The average molecular weight is 670 g/mol. The van der Waals surface area contributed by atoms with Gasteiger partial charge < -0.3 is 10.2 Å². The van der Waals surface area contributed by atoms with Crippen LogP contribution < -0.4 is 0 Å². The molecule has 0 rings (SSSR count). The lowest BCUT2D eigenvalue weighted by Crippen LogP contribution is -2.12. The van der Waals surface area contributed by atoms with Gasteiger partial charge in [-0.3, -0.25) is 0 Å². The van der Waals surface area contributed by atoms with E-state index in [9.17, 15) is 19.8 Å². The fourth-order valence-corrected chi connectivity index (χ4v) is 2.19. The summed E-state index contributed by atoms with van der Waals surface area (Å²) in [4.78, 5) is 22.6. The molecular formula is C10H6Br6O4. The molecule has 0 fully saturated rings. The number of hydrogen-bond donors (Lipinski definition) is 2. The van der Waals surface area contributed by atoms with Gasteiger partial charge in [0.15, 0.2) is 0 Å². The van der Waals surface area contributed by atoms with Crippen LogP contribution in [0.1, 0.15) is 12.8 Å². The summed E-state index contributed by atoms with van der Waals surface area (Å²) >= 11 is 18.9. The molecule has 20 heavy (non-hydrogen) atoms. The van der Waals surface area contributed by atoms with Crippen molar-refractivity contribution < 1.29 is 19.8 Å². The summed E-state index contributed by atoms with van der Waals surface area (Å²) in [6.45, 7) is 0. The van der Waals surface area contributed by atoms with E-state index in [0.29, 0.717) is 15.7 Å². The Morgan fingerprint density at radius 1 is 0.650 bits per heavy atom. The van der Waals surface area contributed by atoms with Crippen molar-refractivity contribution in [1.82, 2.24) is 0 Å². The molecule has 0 amide bonds. The summed E-state index contributed by atoms with van der Waals surface area (Å²) in [5, 5.41) is 18.4. The number of carbonyl (C=O) groups is 2. The lowest BCUT2D eigenvalue weighted by atomic mass is 10.0. The zero-order valence-electron chi connectivity index (χ0n) is 9.39. The number of hydrogen-bond acceptors (Lipinski definition) is 2. The maximum atomic E-state index is 11.3. The van der Waals surface area contributed by atoms with E-state index >= 15 is 0 Å². The summed E-state index contributed by atoms with van der Waals surface area (Å²) in [6.07, 6.45) is -0.133. The molecule has 0 aliphatic carbocycles. The molecule has 0 aromatic carbocycles. The summed E-state index contributed by atoms with van der Waals surface area (Å²) in [7, 11) is 0. The molecule has 0 heterocycles. The Balaban J connectivity index is 5.83. The molecule has 0 aliphatic rings. The lowest BCUT2D eigenvalue weighted by molar-refractivity contribution is -0.136. The Morgan fingerprint density at radius 2 is 0.900 bits per heavy atom. The van der Waals surface area contributed by atoms with Crippen LogP contribution in [0.25, 0.3) is 0 Å². The molecule has 112 valence electrons. The summed E-state index contributed by atoms with van der Waals surface area (Å²) < 4.78 is 2.02. The molecule has 10 heteroatoms.